The minimum Gasteiger partial charge on any atom is -0.489 e. The number of methoxy groups -OCH3 is 1. The van der Waals surface area contributed by atoms with Crippen molar-refractivity contribution in [3.63, 3.8) is 0 Å². The first kappa shape index (κ1) is 13.7. The highest BCUT2D eigenvalue weighted by atomic mass is 35.5. The van der Waals surface area contributed by atoms with Crippen molar-refractivity contribution in [3.8, 4) is 11.6 Å². The fourth-order valence-electron chi connectivity index (χ4n) is 2.08. The summed E-state index contributed by atoms with van der Waals surface area (Å²) in [7, 11) is 1.57. The zero-order chi connectivity index (χ0) is 14.7. The summed E-state index contributed by atoms with van der Waals surface area (Å²) in [5.41, 5.74) is 1.87. The molecule has 0 bridgehead atoms. The fourth-order valence-corrected chi connectivity index (χ4v) is 2.33. The van der Waals surface area contributed by atoms with E-state index in [4.69, 9.17) is 21.1 Å². The molecule has 0 amide bonds. The maximum atomic E-state index is 6.21. The number of fused-ring (bicyclic) bond motifs is 1. The molecule has 21 heavy (non-hydrogen) atoms. The van der Waals surface area contributed by atoms with Crippen LogP contribution in [0.1, 0.15) is 5.56 Å². The van der Waals surface area contributed by atoms with Gasteiger partial charge in [-0.2, -0.15) is 0 Å². The molecule has 2 aromatic carbocycles. The fraction of sp³-hybridized carbons (Fsp3) is 0.118. The van der Waals surface area contributed by atoms with Gasteiger partial charge in [-0.3, -0.25) is 0 Å². The van der Waals surface area contributed by atoms with Crippen LogP contribution < -0.4 is 9.47 Å². The Morgan fingerprint density at radius 3 is 2.62 bits per heavy atom. The number of ether oxygens (including phenoxy) is 2. The molecule has 3 aromatic rings. The molecular formula is C17H14ClNO2. The van der Waals surface area contributed by atoms with Crippen molar-refractivity contribution in [2.45, 2.75) is 6.61 Å². The summed E-state index contributed by atoms with van der Waals surface area (Å²) in [6.07, 6.45) is 0. The van der Waals surface area contributed by atoms with Gasteiger partial charge in [0.1, 0.15) is 12.4 Å². The molecule has 0 N–H and O–H groups in total. The van der Waals surface area contributed by atoms with Crippen molar-refractivity contribution in [2.24, 2.45) is 0 Å². The van der Waals surface area contributed by atoms with Gasteiger partial charge in [-0.15, -0.1) is 0 Å². The standard InChI is InChI=1S/C17H14ClNO2/c1-20-17-10-15(18)14-8-7-13(9-16(14)19-17)21-11-12-5-3-2-4-6-12/h2-10H,11H2,1H3. The van der Waals surface area contributed by atoms with Gasteiger partial charge in [0.25, 0.3) is 0 Å². The minimum absolute atomic E-state index is 0.493. The molecule has 0 aliphatic rings. The third-order valence-electron chi connectivity index (χ3n) is 3.16. The molecule has 0 unspecified atom stereocenters. The van der Waals surface area contributed by atoms with E-state index in [0.29, 0.717) is 17.5 Å². The monoisotopic (exact) mass is 299 g/mol. The predicted octanol–water partition coefficient (Wildman–Crippen LogP) is 4.48. The first-order chi connectivity index (χ1) is 10.3. The van der Waals surface area contributed by atoms with Gasteiger partial charge in [0.05, 0.1) is 17.6 Å². The number of aromatic nitrogens is 1. The molecule has 0 spiro atoms. The molecule has 0 saturated heterocycles. The van der Waals surface area contributed by atoms with Crippen LogP contribution in [0.4, 0.5) is 0 Å². The molecule has 0 saturated carbocycles. The molecule has 3 nitrogen and oxygen atoms in total. The lowest BCUT2D eigenvalue weighted by molar-refractivity contribution is 0.306. The molecule has 1 heterocycles. The first-order valence-corrected chi connectivity index (χ1v) is 6.95. The van der Waals surface area contributed by atoms with Crippen molar-refractivity contribution in [2.75, 3.05) is 7.11 Å². The van der Waals surface area contributed by atoms with Crippen molar-refractivity contribution >= 4 is 22.5 Å². The highest BCUT2D eigenvalue weighted by Gasteiger charge is 2.06. The second kappa shape index (κ2) is 6.02. The Hall–Kier alpha value is -2.26. The molecule has 4 heteroatoms. The van der Waals surface area contributed by atoms with E-state index in [-0.39, 0.29) is 0 Å². The van der Waals surface area contributed by atoms with Crippen molar-refractivity contribution < 1.29 is 9.47 Å². The summed E-state index contributed by atoms with van der Waals surface area (Å²) in [4.78, 5) is 4.38. The van der Waals surface area contributed by atoms with Crippen LogP contribution in [-0.2, 0) is 6.61 Å². The summed E-state index contributed by atoms with van der Waals surface area (Å²) < 4.78 is 10.9. The van der Waals surface area contributed by atoms with Crippen LogP contribution in [-0.4, -0.2) is 12.1 Å². The van der Waals surface area contributed by atoms with E-state index in [0.717, 1.165) is 22.2 Å². The number of nitrogens with zero attached hydrogens (tertiary/aromatic N) is 1. The number of rotatable bonds is 4. The van der Waals surface area contributed by atoms with Crippen molar-refractivity contribution in [1.29, 1.82) is 0 Å². The summed E-state index contributed by atoms with van der Waals surface area (Å²) in [6.45, 7) is 0.518. The van der Waals surface area contributed by atoms with Crippen molar-refractivity contribution in [1.82, 2.24) is 4.98 Å². The van der Waals surface area contributed by atoms with Crippen LogP contribution in [0.2, 0.25) is 5.02 Å². The molecule has 0 radical (unpaired) electrons. The Morgan fingerprint density at radius 2 is 1.86 bits per heavy atom. The van der Waals surface area contributed by atoms with Gasteiger partial charge in [-0.1, -0.05) is 41.9 Å². The van der Waals surface area contributed by atoms with E-state index in [1.165, 1.54) is 0 Å². The zero-order valence-electron chi connectivity index (χ0n) is 11.5. The third-order valence-corrected chi connectivity index (χ3v) is 3.48. The molecule has 3 rings (SSSR count). The Bertz CT molecular complexity index is 759. The van der Waals surface area contributed by atoms with Crippen LogP contribution in [0, 0.1) is 0 Å². The molecule has 1 aromatic heterocycles. The maximum Gasteiger partial charge on any atom is 0.215 e. The number of hydrogen-bond acceptors (Lipinski definition) is 3. The summed E-state index contributed by atoms with van der Waals surface area (Å²) in [5, 5.41) is 1.50. The topological polar surface area (TPSA) is 31.4 Å². The smallest absolute Gasteiger partial charge is 0.215 e. The van der Waals surface area contributed by atoms with Gasteiger partial charge >= 0.3 is 0 Å². The van der Waals surface area contributed by atoms with Crippen molar-refractivity contribution in [3.05, 3.63) is 65.2 Å². The van der Waals surface area contributed by atoms with Gasteiger partial charge in [-0.05, 0) is 17.7 Å². The molecule has 0 fully saturated rings. The number of halogens is 1. The zero-order valence-corrected chi connectivity index (χ0v) is 12.3. The molecule has 0 atom stereocenters. The van der Waals surface area contributed by atoms with Crippen LogP contribution in [0.15, 0.2) is 54.6 Å². The molecule has 0 aliphatic heterocycles. The lowest BCUT2D eigenvalue weighted by Gasteiger charge is -2.09. The normalized spacial score (nSPS) is 10.6. The molecular weight excluding hydrogens is 286 g/mol. The van der Waals surface area contributed by atoms with Crippen LogP contribution in [0.25, 0.3) is 10.9 Å². The van der Waals surface area contributed by atoms with Crippen LogP contribution in [0.5, 0.6) is 11.6 Å². The Kier molecular flexibility index (Phi) is 3.93. The van der Waals surface area contributed by atoms with E-state index in [1.807, 2.05) is 48.5 Å². The quantitative estimate of drug-likeness (QED) is 0.712. The third kappa shape index (κ3) is 3.09. The average molecular weight is 300 g/mol. The highest BCUT2D eigenvalue weighted by molar-refractivity contribution is 6.35. The van der Waals surface area contributed by atoms with E-state index in [1.54, 1.807) is 13.2 Å². The second-order valence-electron chi connectivity index (χ2n) is 4.60. The second-order valence-corrected chi connectivity index (χ2v) is 5.01. The lowest BCUT2D eigenvalue weighted by atomic mass is 10.2. The van der Waals surface area contributed by atoms with Crippen LogP contribution in [0.3, 0.4) is 0 Å². The van der Waals surface area contributed by atoms with E-state index in [9.17, 15) is 0 Å². The first-order valence-electron chi connectivity index (χ1n) is 6.57. The maximum absolute atomic E-state index is 6.21. The average Bonchev–Trinajstić information content (AvgIpc) is 2.53. The minimum atomic E-state index is 0.493. The van der Waals surface area contributed by atoms with Gasteiger partial charge in [-0.25, -0.2) is 4.98 Å². The molecule has 0 aliphatic carbocycles. The summed E-state index contributed by atoms with van der Waals surface area (Å²) in [6, 6.07) is 17.4. The molecule has 106 valence electrons. The Balaban J connectivity index is 1.86. The van der Waals surface area contributed by atoms with Gasteiger partial charge in [0, 0.05) is 17.5 Å². The number of hydrogen-bond donors (Lipinski definition) is 0. The Labute approximate surface area is 128 Å². The highest BCUT2D eigenvalue weighted by Crippen LogP contribution is 2.29. The van der Waals surface area contributed by atoms with E-state index >= 15 is 0 Å². The summed E-state index contributed by atoms with van der Waals surface area (Å²) >= 11 is 6.21. The van der Waals surface area contributed by atoms with Crippen LogP contribution >= 0.6 is 11.6 Å². The lowest BCUT2D eigenvalue weighted by Crippen LogP contribution is -1.95. The largest absolute Gasteiger partial charge is 0.489 e. The van der Waals surface area contributed by atoms with Gasteiger partial charge < -0.3 is 9.47 Å². The Morgan fingerprint density at radius 1 is 1.05 bits per heavy atom. The number of pyridine rings is 1. The van der Waals surface area contributed by atoms with Gasteiger partial charge in [0.2, 0.25) is 5.88 Å². The summed E-state index contributed by atoms with van der Waals surface area (Å²) in [5.74, 6) is 1.25. The predicted molar refractivity (Wildman–Crippen MR) is 84.1 cm³/mol. The SMILES string of the molecule is COc1cc(Cl)c2ccc(OCc3ccccc3)cc2n1. The van der Waals surface area contributed by atoms with E-state index in [2.05, 4.69) is 4.98 Å². The van der Waals surface area contributed by atoms with Gasteiger partial charge in [0.15, 0.2) is 0 Å². The van der Waals surface area contributed by atoms with E-state index < -0.39 is 0 Å². The number of benzene rings is 2.